The minimum atomic E-state index is -0.129. The van der Waals surface area contributed by atoms with Gasteiger partial charge in [0.15, 0.2) is 0 Å². The number of nitrogens with one attached hydrogen (secondary N) is 1. The van der Waals surface area contributed by atoms with Crippen molar-refractivity contribution in [3.05, 3.63) is 35.9 Å². The topological polar surface area (TPSA) is 32.3 Å². The normalized spacial score (nSPS) is 46.2. The molecule has 4 saturated carbocycles. The molecule has 1 amide bonds. The predicted octanol–water partition coefficient (Wildman–Crippen LogP) is 4.91. The SMILES string of the molecule is CCC[C@@]12CC3CC(C(=O)N[C@H]4CN5CCC4CC5)(C1)C[C@](c1ccccc1)(C3)C2. The van der Waals surface area contributed by atoms with E-state index in [4.69, 9.17) is 0 Å². The Kier molecular flexibility index (Phi) is 4.40. The number of amides is 1. The summed E-state index contributed by atoms with van der Waals surface area (Å²) in [4.78, 5) is 16.6. The first-order valence-corrected chi connectivity index (χ1v) is 12.6. The van der Waals surface area contributed by atoms with Gasteiger partial charge in [0.1, 0.15) is 0 Å². The maximum atomic E-state index is 14.0. The first-order chi connectivity index (χ1) is 14.5. The standard InChI is InChI=1S/C27H38N2O/c1-2-10-25-13-20-14-26(17-25,22-6-4-3-5-7-22)19-27(15-20,18-25)24(30)28-23-16-29-11-8-21(23)9-12-29/h3-7,20-21,23H,2,8-19H2,1H3,(H,28,30)/t20?,23-,25-,26-,27?/m0/s1. The lowest BCUT2D eigenvalue weighted by molar-refractivity contribution is -0.165. The molecule has 3 aliphatic heterocycles. The van der Waals surface area contributed by atoms with Gasteiger partial charge in [-0.05, 0) is 99.1 Å². The van der Waals surface area contributed by atoms with Crippen molar-refractivity contribution in [2.75, 3.05) is 19.6 Å². The molecule has 4 aliphatic carbocycles. The molecule has 2 unspecified atom stereocenters. The number of rotatable bonds is 5. The first kappa shape index (κ1) is 19.3. The Morgan fingerprint density at radius 1 is 1.07 bits per heavy atom. The van der Waals surface area contributed by atoms with Gasteiger partial charge in [0.25, 0.3) is 0 Å². The highest BCUT2D eigenvalue weighted by molar-refractivity contribution is 5.84. The van der Waals surface area contributed by atoms with Gasteiger partial charge in [-0.15, -0.1) is 0 Å². The minimum absolute atomic E-state index is 0.129. The highest BCUT2D eigenvalue weighted by Crippen LogP contribution is 2.71. The average Bonchev–Trinajstić information content (AvgIpc) is 2.74. The Bertz CT molecular complexity index is 815. The van der Waals surface area contributed by atoms with E-state index in [2.05, 4.69) is 47.5 Å². The highest BCUT2D eigenvalue weighted by atomic mass is 16.2. The van der Waals surface area contributed by atoms with Gasteiger partial charge >= 0.3 is 0 Å². The molecule has 5 atom stereocenters. The summed E-state index contributed by atoms with van der Waals surface area (Å²) in [6, 6.07) is 11.7. The van der Waals surface area contributed by atoms with Crippen LogP contribution in [0.5, 0.6) is 0 Å². The molecule has 1 aromatic carbocycles. The zero-order valence-corrected chi connectivity index (χ0v) is 18.7. The molecule has 0 radical (unpaired) electrons. The third kappa shape index (κ3) is 2.91. The van der Waals surface area contributed by atoms with Crippen LogP contribution in [0.2, 0.25) is 0 Å². The van der Waals surface area contributed by atoms with Gasteiger partial charge in [0, 0.05) is 12.6 Å². The van der Waals surface area contributed by atoms with Crippen LogP contribution in [0.4, 0.5) is 0 Å². The fourth-order valence-electron chi connectivity index (χ4n) is 9.26. The number of piperidine rings is 3. The zero-order chi connectivity index (χ0) is 20.4. The minimum Gasteiger partial charge on any atom is -0.351 e. The van der Waals surface area contributed by atoms with Crippen LogP contribution >= 0.6 is 0 Å². The summed E-state index contributed by atoms with van der Waals surface area (Å²) in [7, 11) is 0. The summed E-state index contributed by atoms with van der Waals surface area (Å²) in [5.74, 6) is 1.86. The summed E-state index contributed by atoms with van der Waals surface area (Å²) in [5, 5.41) is 3.65. The molecule has 3 saturated heterocycles. The van der Waals surface area contributed by atoms with Gasteiger partial charge in [0.05, 0.1) is 5.41 Å². The molecule has 30 heavy (non-hydrogen) atoms. The van der Waals surface area contributed by atoms with Gasteiger partial charge in [0.2, 0.25) is 5.91 Å². The van der Waals surface area contributed by atoms with E-state index in [1.165, 1.54) is 63.6 Å². The van der Waals surface area contributed by atoms with Crippen molar-refractivity contribution in [3.63, 3.8) is 0 Å². The number of benzene rings is 1. The van der Waals surface area contributed by atoms with Crippen molar-refractivity contribution in [1.82, 2.24) is 10.2 Å². The molecule has 0 spiro atoms. The van der Waals surface area contributed by atoms with E-state index in [1.807, 2.05) is 0 Å². The van der Waals surface area contributed by atoms with Crippen LogP contribution in [0, 0.1) is 22.7 Å². The molecular formula is C27H38N2O. The van der Waals surface area contributed by atoms with Crippen molar-refractivity contribution >= 4 is 5.91 Å². The lowest BCUT2D eigenvalue weighted by atomic mass is 9.37. The Balaban J connectivity index is 1.33. The van der Waals surface area contributed by atoms with E-state index in [0.717, 1.165) is 31.7 Å². The lowest BCUT2D eigenvalue weighted by Crippen LogP contribution is -2.65. The molecule has 3 heteroatoms. The molecule has 6 bridgehead atoms. The average molecular weight is 407 g/mol. The van der Waals surface area contributed by atoms with E-state index in [1.54, 1.807) is 0 Å². The van der Waals surface area contributed by atoms with Crippen LogP contribution in [-0.4, -0.2) is 36.5 Å². The largest absolute Gasteiger partial charge is 0.351 e. The Hall–Kier alpha value is -1.35. The van der Waals surface area contributed by atoms with Crippen LogP contribution in [0.15, 0.2) is 30.3 Å². The predicted molar refractivity (Wildman–Crippen MR) is 120 cm³/mol. The first-order valence-electron chi connectivity index (χ1n) is 12.6. The second-order valence-electron chi connectivity index (χ2n) is 11.9. The second-order valence-corrected chi connectivity index (χ2v) is 11.9. The van der Waals surface area contributed by atoms with Crippen molar-refractivity contribution in [1.29, 1.82) is 0 Å². The smallest absolute Gasteiger partial charge is 0.226 e. The van der Waals surface area contributed by atoms with Gasteiger partial charge in [-0.1, -0.05) is 43.7 Å². The number of hydrogen-bond acceptors (Lipinski definition) is 2. The molecule has 0 aromatic heterocycles. The van der Waals surface area contributed by atoms with Crippen molar-refractivity contribution in [2.45, 2.75) is 82.6 Å². The Labute approximate surface area is 182 Å². The molecule has 1 aromatic rings. The molecule has 3 heterocycles. The number of fused-ring (bicyclic) bond motifs is 3. The number of carbonyl (C=O) groups is 1. The van der Waals surface area contributed by atoms with Crippen LogP contribution < -0.4 is 5.32 Å². The second kappa shape index (κ2) is 6.82. The van der Waals surface area contributed by atoms with E-state index in [9.17, 15) is 4.79 Å². The molecule has 162 valence electrons. The maximum absolute atomic E-state index is 14.0. The Morgan fingerprint density at radius 3 is 2.57 bits per heavy atom. The lowest BCUT2D eigenvalue weighted by Gasteiger charge is -2.66. The van der Waals surface area contributed by atoms with Crippen molar-refractivity contribution in [2.24, 2.45) is 22.7 Å². The molecule has 7 fully saturated rings. The van der Waals surface area contributed by atoms with Crippen molar-refractivity contribution in [3.8, 4) is 0 Å². The maximum Gasteiger partial charge on any atom is 0.226 e. The van der Waals surface area contributed by atoms with E-state index >= 15 is 0 Å². The quantitative estimate of drug-likeness (QED) is 0.754. The molecular weight excluding hydrogens is 368 g/mol. The molecule has 8 rings (SSSR count). The Morgan fingerprint density at radius 2 is 1.87 bits per heavy atom. The van der Waals surface area contributed by atoms with E-state index < -0.39 is 0 Å². The van der Waals surface area contributed by atoms with Gasteiger partial charge in [-0.2, -0.15) is 0 Å². The summed E-state index contributed by atoms with van der Waals surface area (Å²) >= 11 is 0. The summed E-state index contributed by atoms with van der Waals surface area (Å²) < 4.78 is 0. The summed E-state index contributed by atoms with van der Waals surface area (Å²) in [5.41, 5.74) is 1.99. The molecule has 1 N–H and O–H groups in total. The van der Waals surface area contributed by atoms with Crippen LogP contribution in [0.3, 0.4) is 0 Å². The highest BCUT2D eigenvalue weighted by Gasteiger charge is 2.65. The third-order valence-electron chi connectivity index (χ3n) is 9.80. The monoisotopic (exact) mass is 406 g/mol. The van der Waals surface area contributed by atoms with Gasteiger partial charge in [-0.3, -0.25) is 4.79 Å². The molecule has 3 nitrogen and oxygen atoms in total. The van der Waals surface area contributed by atoms with Gasteiger partial charge in [-0.25, -0.2) is 0 Å². The van der Waals surface area contributed by atoms with Crippen molar-refractivity contribution < 1.29 is 4.79 Å². The molecule has 7 aliphatic rings. The van der Waals surface area contributed by atoms with Crippen LogP contribution in [-0.2, 0) is 10.2 Å². The summed E-state index contributed by atoms with van der Waals surface area (Å²) in [6.45, 7) is 5.90. The van der Waals surface area contributed by atoms with Crippen LogP contribution in [0.1, 0.15) is 76.7 Å². The number of carbonyl (C=O) groups excluding carboxylic acids is 1. The number of hydrogen-bond donors (Lipinski definition) is 1. The van der Waals surface area contributed by atoms with Gasteiger partial charge < -0.3 is 10.2 Å². The van der Waals surface area contributed by atoms with E-state index in [0.29, 0.717) is 23.3 Å². The fraction of sp³-hybridized carbons (Fsp3) is 0.741. The fourth-order valence-corrected chi connectivity index (χ4v) is 9.26. The third-order valence-corrected chi connectivity index (χ3v) is 9.80. The number of nitrogens with zero attached hydrogens (tertiary/aromatic N) is 1. The van der Waals surface area contributed by atoms with E-state index in [-0.39, 0.29) is 10.8 Å². The summed E-state index contributed by atoms with van der Waals surface area (Å²) in [6.07, 6.45) is 12.4. The van der Waals surface area contributed by atoms with Crippen LogP contribution in [0.25, 0.3) is 0 Å². The zero-order valence-electron chi connectivity index (χ0n) is 18.7.